The van der Waals surface area contributed by atoms with Crippen molar-refractivity contribution < 1.29 is 26.7 Å². The number of hydrogen-bond acceptors (Lipinski definition) is 10. The van der Waals surface area contributed by atoms with Crippen LogP contribution in [-0.4, -0.2) is 85.1 Å². The van der Waals surface area contributed by atoms with Gasteiger partial charge in [-0.25, -0.2) is 22.2 Å². The van der Waals surface area contributed by atoms with E-state index < -0.39 is 21.5 Å². The van der Waals surface area contributed by atoms with Crippen molar-refractivity contribution in [3.05, 3.63) is 66.1 Å². The number of nitrogens with one attached hydrogen (secondary N) is 1. The fraction of sp³-hybridized carbons (Fsp3) is 0.452. The van der Waals surface area contributed by atoms with Gasteiger partial charge in [-0.05, 0) is 54.7 Å². The zero-order valence-corrected chi connectivity index (χ0v) is 26.0. The first-order valence-electron chi connectivity index (χ1n) is 15.0. The number of nitrogens with two attached hydrogens (primary N) is 1. The average molecular weight is 642 g/mol. The van der Waals surface area contributed by atoms with E-state index in [-0.39, 0.29) is 47.6 Å². The SMILES string of the molecule is C[C@H]1CN(c2ccncc2Nc2ncc3ccc(-c4c(F)cc(C5CCOCC5)cc4F)nn23)C[C@@H](N)[C@H]1OCCS(C)(=O)=O. The Bertz CT molecular complexity index is 1750. The third kappa shape index (κ3) is 6.93. The average Bonchev–Trinajstić information content (AvgIpc) is 3.40. The largest absolute Gasteiger partial charge is 0.381 e. The number of ether oxygens (including phenoxy) is 2. The van der Waals surface area contributed by atoms with Gasteiger partial charge >= 0.3 is 0 Å². The number of halogens is 2. The van der Waals surface area contributed by atoms with Crippen LogP contribution in [0.4, 0.5) is 26.1 Å². The van der Waals surface area contributed by atoms with E-state index in [2.05, 4.69) is 25.3 Å². The maximum atomic E-state index is 15.4. The highest BCUT2D eigenvalue weighted by atomic mass is 32.2. The van der Waals surface area contributed by atoms with E-state index in [1.165, 1.54) is 22.9 Å². The number of pyridine rings is 1. The fourth-order valence-electron chi connectivity index (χ4n) is 6.21. The first kappa shape index (κ1) is 31.3. The van der Waals surface area contributed by atoms with Crippen molar-refractivity contribution in [2.75, 3.05) is 55.1 Å². The second kappa shape index (κ2) is 12.9. The van der Waals surface area contributed by atoms with Crippen LogP contribution in [0.2, 0.25) is 0 Å². The third-order valence-electron chi connectivity index (χ3n) is 8.47. The number of nitrogens with zero attached hydrogens (tertiary/aromatic N) is 5. The molecule has 1 aromatic carbocycles. The maximum Gasteiger partial charge on any atom is 0.229 e. The molecule has 5 heterocycles. The number of piperidine rings is 1. The van der Waals surface area contributed by atoms with Crippen molar-refractivity contribution in [3.8, 4) is 11.3 Å². The smallest absolute Gasteiger partial charge is 0.229 e. The highest BCUT2D eigenvalue weighted by Gasteiger charge is 2.34. The summed E-state index contributed by atoms with van der Waals surface area (Å²) < 4.78 is 66.6. The van der Waals surface area contributed by atoms with Gasteiger partial charge in [0.25, 0.3) is 0 Å². The molecule has 14 heteroatoms. The van der Waals surface area contributed by atoms with E-state index in [0.717, 1.165) is 18.5 Å². The fourth-order valence-corrected chi connectivity index (χ4v) is 6.61. The summed E-state index contributed by atoms with van der Waals surface area (Å²) in [5.41, 5.74) is 9.19. The molecular formula is C31H37F2N7O4S. The summed E-state index contributed by atoms with van der Waals surface area (Å²) in [4.78, 5) is 10.9. The molecule has 0 aliphatic carbocycles. The molecule has 2 aliphatic rings. The number of imidazole rings is 1. The second-order valence-electron chi connectivity index (χ2n) is 11.9. The standard InChI is InChI=1S/C31H37F2N7O4S/c1-19-17-39(18-25(34)30(19)44-11-12-45(2,41)42)28-5-8-35-16-27(28)37-31-36-15-22-3-4-26(38-40(22)31)29-23(32)13-21(14-24(29)33)20-6-9-43-10-7-20/h3-5,8,13-16,19-20,25,30H,6-7,9-12,17-18,34H2,1-2H3,(H,36,37)/t19-,25+,30-/m0/s1. The lowest BCUT2D eigenvalue weighted by Gasteiger charge is -2.42. The molecule has 45 heavy (non-hydrogen) atoms. The summed E-state index contributed by atoms with van der Waals surface area (Å²) in [5, 5.41) is 7.86. The number of aromatic nitrogens is 4. The molecule has 0 bridgehead atoms. The number of benzene rings is 1. The van der Waals surface area contributed by atoms with E-state index in [1.807, 2.05) is 13.0 Å². The second-order valence-corrected chi connectivity index (χ2v) is 14.2. The highest BCUT2D eigenvalue weighted by molar-refractivity contribution is 7.90. The minimum Gasteiger partial charge on any atom is -0.381 e. The van der Waals surface area contributed by atoms with Crippen molar-refractivity contribution in [2.24, 2.45) is 11.7 Å². The van der Waals surface area contributed by atoms with Gasteiger partial charge in [0, 0.05) is 50.7 Å². The number of fused-ring (bicyclic) bond motifs is 1. The van der Waals surface area contributed by atoms with Gasteiger partial charge in [0.2, 0.25) is 5.95 Å². The van der Waals surface area contributed by atoms with Crippen LogP contribution in [0.5, 0.6) is 0 Å². The third-order valence-corrected chi connectivity index (χ3v) is 9.38. The summed E-state index contributed by atoms with van der Waals surface area (Å²) >= 11 is 0. The minimum absolute atomic E-state index is 0.0217. The molecule has 11 nitrogen and oxygen atoms in total. The Labute approximate surface area is 260 Å². The summed E-state index contributed by atoms with van der Waals surface area (Å²) in [7, 11) is -3.13. The molecule has 240 valence electrons. The molecule has 6 rings (SSSR count). The van der Waals surface area contributed by atoms with E-state index in [4.69, 9.17) is 15.2 Å². The maximum absolute atomic E-state index is 15.4. The lowest BCUT2D eigenvalue weighted by molar-refractivity contribution is 0.00183. The van der Waals surface area contributed by atoms with Crippen LogP contribution >= 0.6 is 0 Å². The number of anilines is 3. The topological polar surface area (TPSA) is 137 Å². The number of sulfone groups is 1. The van der Waals surface area contributed by atoms with E-state index in [0.29, 0.717) is 49.0 Å². The van der Waals surface area contributed by atoms with Gasteiger partial charge < -0.3 is 25.4 Å². The molecule has 4 aromatic rings. The first-order valence-corrected chi connectivity index (χ1v) is 17.1. The van der Waals surface area contributed by atoms with Crippen molar-refractivity contribution in [1.82, 2.24) is 19.6 Å². The normalized spacial score (nSPS) is 21.4. The van der Waals surface area contributed by atoms with E-state index in [1.54, 1.807) is 30.7 Å². The Morgan fingerprint density at radius 3 is 2.58 bits per heavy atom. The van der Waals surface area contributed by atoms with Crippen LogP contribution in [0.3, 0.4) is 0 Å². The van der Waals surface area contributed by atoms with Gasteiger partial charge in [-0.3, -0.25) is 4.98 Å². The van der Waals surface area contributed by atoms with Crippen LogP contribution in [0, 0.1) is 17.6 Å². The molecule has 0 amide bonds. The molecule has 0 saturated carbocycles. The molecule has 2 saturated heterocycles. The quantitative estimate of drug-likeness (QED) is 0.277. The molecule has 0 radical (unpaired) electrons. The molecule has 0 spiro atoms. The number of rotatable bonds is 9. The first-order chi connectivity index (χ1) is 21.6. The van der Waals surface area contributed by atoms with Gasteiger partial charge in [0.1, 0.15) is 21.5 Å². The van der Waals surface area contributed by atoms with Crippen molar-refractivity contribution in [3.63, 3.8) is 0 Å². The van der Waals surface area contributed by atoms with Gasteiger partial charge in [0.05, 0.1) is 59.0 Å². The molecule has 2 aliphatic heterocycles. The van der Waals surface area contributed by atoms with Crippen LogP contribution in [0.1, 0.15) is 31.2 Å². The summed E-state index contributed by atoms with van der Waals surface area (Å²) in [6.07, 6.45) is 7.32. The van der Waals surface area contributed by atoms with Gasteiger partial charge in [-0.1, -0.05) is 6.92 Å². The predicted octanol–water partition coefficient (Wildman–Crippen LogP) is 3.92. The Balaban J connectivity index is 1.23. The van der Waals surface area contributed by atoms with E-state index >= 15 is 8.78 Å². The Morgan fingerprint density at radius 2 is 1.87 bits per heavy atom. The van der Waals surface area contributed by atoms with Gasteiger partial charge in [-0.2, -0.15) is 9.61 Å². The Kier molecular flexibility index (Phi) is 9.00. The van der Waals surface area contributed by atoms with Crippen molar-refractivity contribution in [2.45, 2.75) is 37.8 Å². The molecule has 3 atom stereocenters. The van der Waals surface area contributed by atoms with Crippen LogP contribution in [0.15, 0.2) is 48.9 Å². The van der Waals surface area contributed by atoms with Crippen molar-refractivity contribution >= 4 is 32.7 Å². The number of hydrogen-bond donors (Lipinski definition) is 2. The van der Waals surface area contributed by atoms with Crippen LogP contribution in [-0.2, 0) is 19.3 Å². The minimum atomic E-state index is -3.13. The molecule has 0 unspecified atom stereocenters. The molecule has 3 N–H and O–H groups in total. The summed E-state index contributed by atoms with van der Waals surface area (Å²) in [6.45, 7) is 4.36. The Hall–Kier alpha value is -3.72. The predicted molar refractivity (Wildman–Crippen MR) is 167 cm³/mol. The van der Waals surface area contributed by atoms with Crippen molar-refractivity contribution in [1.29, 1.82) is 0 Å². The summed E-state index contributed by atoms with van der Waals surface area (Å²) in [6, 6.07) is 7.61. The highest BCUT2D eigenvalue weighted by Crippen LogP contribution is 2.34. The van der Waals surface area contributed by atoms with E-state index in [9.17, 15) is 8.42 Å². The monoisotopic (exact) mass is 641 g/mol. The Morgan fingerprint density at radius 1 is 1.11 bits per heavy atom. The molecule has 3 aromatic heterocycles. The van der Waals surface area contributed by atoms with Crippen LogP contribution < -0.4 is 16.0 Å². The van der Waals surface area contributed by atoms with Crippen LogP contribution in [0.25, 0.3) is 16.8 Å². The summed E-state index contributed by atoms with van der Waals surface area (Å²) in [5.74, 6) is -0.963. The lowest BCUT2D eigenvalue weighted by atomic mass is 9.90. The van der Waals surface area contributed by atoms with Gasteiger partial charge in [-0.15, -0.1) is 0 Å². The lowest BCUT2D eigenvalue weighted by Crippen LogP contribution is -2.57. The molecule has 2 fully saturated rings. The van der Waals surface area contributed by atoms with Gasteiger partial charge in [0.15, 0.2) is 0 Å². The molecular weight excluding hydrogens is 604 g/mol. The zero-order chi connectivity index (χ0) is 31.7. The zero-order valence-electron chi connectivity index (χ0n) is 25.2.